The van der Waals surface area contributed by atoms with Gasteiger partial charge in [-0.2, -0.15) is 0 Å². The Kier molecular flexibility index (Phi) is 7.86. The molecule has 0 radical (unpaired) electrons. The van der Waals surface area contributed by atoms with Crippen molar-refractivity contribution in [3.63, 3.8) is 0 Å². The molecule has 2 rings (SSSR count). The average Bonchev–Trinajstić information content (AvgIpc) is 2.65. The number of amides is 1. The smallest absolute Gasteiger partial charge is 0.270 e. The first-order chi connectivity index (χ1) is 12.6. The number of aryl methyl sites for hydroxylation is 1. The maximum absolute atomic E-state index is 12.2. The Labute approximate surface area is 155 Å². The maximum Gasteiger partial charge on any atom is 0.270 e. The molecule has 1 aromatic carbocycles. The number of methoxy groups -OCH3 is 1. The van der Waals surface area contributed by atoms with E-state index in [1.165, 1.54) is 0 Å². The van der Waals surface area contributed by atoms with Crippen LogP contribution in [0.1, 0.15) is 47.9 Å². The van der Waals surface area contributed by atoms with Gasteiger partial charge >= 0.3 is 0 Å². The zero-order valence-electron chi connectivity index (χ0n) is 15.8. The molecule has 0 saturated heterocycles. The molecule has 140 valence electrons. The van der Waals surface area contributed by atoms with Crippen LogP contribution in [0.25, 0.3) is 0 Å². The molecule has 1 heterocycles. The quantitative estimate of drug-likeness (QED) is 0.638. The summed E-state index contributed by atoms with van der Waals surface area (Å²) in [6.45, 7) is 5.33. The van der Waals surface area contributed by atoms with Gasteiger partial charge in [0.15, 0.2) is 0 Å². The highest BCUT2D eigenvalue weighted by Crippen LogP contribution is 2.17. The fourth-order valence-corrected chi connectivity index (χ4v) is 2.65. The molecule has 2 N–H and O–H groups in total. The number of hydrogen-bond acceptors (Lipinski definition) is 5. The van der Waals surface area contributed by atoms with Crippen LogP contribution in [0.15, 0.2) is 30.3 Å². The lowest BCUT2D eigenvalue weighted by Gasteiger charge is -2.10. The fraction of sp³-hybridized carbons (Fsp3) is 0.450. The van der Waals surface area contributed by atoms with Crippen molar-refractivity contribution in [2.24, 2.45) is 0 Å². The van der Waals surface area contributed by atoms with E-state index in [0.29, 0.717) is 24.7 Å². The second kappa shape index (κ2) is 10.4. The average molecular weight is 356 g/mol. The summed E-state index contributed by atoms with van der Waals surface area (Å²) < 4.78 is 5.36. The van der Waals surface area contributed by atoms with E-state index in [-0.39, 0.29) is 5.91 Å². The van der Waals surface area contributed by atoms with Crippen molar-refractivity contribution >= 4 is 11.9 Å². The van der Waals surface area contributed by atoms with E-state index >= 15 is 0 Å². The Hall–Kier alpha value is -2.63. The van der Waals surface area contributed by atoms with Crippen LogP contribution in [0.4, 0.5) is 5.95 Å². The van der Waals surface area contributed by atoms with Gasteiger partial charge in [-0.3, -0.25) is 4.79 Å². The van der Waals surface area contributed by atoms with Crippen molar-refractivity contribution < 1.29 is 9.53 Å². The van der Waals surface area contributed by atoms with E-state index in [0.717, 1.165) is 42.7 Å². The minimum absolute atomic E-state index is 0.153. The Balaban J connectivity index is 1.93. The summed E-state index contributed by atoms with van der Waals surface area (Å²) in [5.74, 6) is 1.18. The third kappa shape index (κ3) is 6.02. The van der Waals surface area contributed by atoms with Crippen molar-refractivity contribution in [1.82, 2.24) is 15.3 Å². The molecule has 2 aromatic rings. The second-order valence-corrected chi connectivity index (χ2v) is 6.17. The molecule has 1 aromatic heterocycles. The summed E-state index contributed by atoms with van der Waals surface area (Å²) in [6, 6.07) is 9.62. The number of ether oxygens (including phenoxy) is 1. The standard InChI is InChI=1S/C20H28N4O2/c1-4-5-8-12-21-19(25)17-14-15(2)23-20(24-17)22-13-11-16-9-6-7-10-18(16)26-3/h6-7,9-10,14H,4-5,8,11-13H2,1-3H3,(H,21,25)(H,22,23,24). The highest BCUT2D eigenvalue weighted by molar-refractivity contribution is 5.92. The number of carbonyl (C=O) groups excluding carboxylic acids is 1. The third-order valence-corrected chi connectivity index (χ3v) is 4.02. The predicted octanol–water partition coefficient (Wildman–Crippen LogP) is 3.37. The summed E-state index contributed by atoms with van der Waals surface area (Å²) in [5.41, 5.74) is 2.27. The number of anilines is 1. The van der Waals surface area contributed by atoms with Crippen LogP contribution in [-0.4, -0.2) is 36.1 Å². The van der Waals surface area contributed by atoms with Crippen molar-refractivity contribution in [1.29, 1.82) is 0 Å². The molecular weight excluding hydrogens is 328 g/mol. The summed E-state index contributed by atoms with van der Waals surface area (Å²) >= 11 is 0. The van der Waals surface area contributed by atoms with Crippen LogP contribution in [-0.2, 0) is 6.42 Å². The van der Waals surface area contributed by atoms with E-state index in [2.05, 4.69) is 27.5 Å². The van der Waals surface area contributed by atoms with E-state index in [1.54, 1.807) is 13.2 Å². The zero-order chi connectivity index (χ0) is 18.8. The number of para-hydroxylation sites is 1. The molecule has 0 unspecified atom stereocenters. The van der Waals surface area contributed by atoms with Gasteiger partial charge in [-0.15, -0.1) is 0 Å². The molecule has 0 bridgehead atoms. The topological polar surface area (TPSA) is 76.1 Å². The fourth-order valence-electron chi connectivity index (χ4n) is 2.65. The number of benzene rings is 1. The van der Waals surface area contributed by atoms with E-state index in [9.17, 15) is 4.79 Å². The Morgan fingerprint density at radius 1 is 1.15 bits per heavy atom. The van der Waals surface area contributed by atoms with Gasteiger partial charge < -0.3 is 15.4 Å². The normalized spacial score (nSPS) is 10.4. The maximum atomic E-state index is 12.2. The number of carbonyl (C=O) groups is 1. The second-order valence-electron chi connectivity index (χ2n) is 6.17. The minimum Gasteiger partial charge on any atom is -0.496 e. The van der Waals surface area contributed by atoms with E-state index < -0.39 is 0 Å². The van der Waals surface area contributed by atoms with Crippen molar-refractivity contribution in [2.75, 3.05) is 25.5 Å². The van der Waals surface area contributed by atoms with E-state index in [4.69, 9.17) is 4.74 Å². The molecule has 6 nitrogen and oxygen atoms in total. The first-order valence-electron chi connectivity index (χ1n) is 9.13. The highest BCUT2D eigenvalue weighted by Gasteiger charge is 2.10. The molecule has 0 spiro atoms. The van der Waals surface area contributed by atoms with Crippen LogP contribution in [0.3, 0.4) is 0 Å². The molecule has 0 saturated carbocycles. The first-order valence-corrected chi connectivity index (χ1v) is 9.13. The molecule has 6 heteroatoms. The van der Waals surface area contributed by atoms with Crippen LogP contribution in [0, 0.1) is 6.92 Å². The molecule has 0 fully saturated rings. The molecule has 0 atom stereocenters. The lowest BCUT2D eigenvalue weighted by atomic mass is 10.1. The summed E-state index contributed by atoms with van der Waals surface area (Å²) in [4.78, 5) is 21.0. The molecule has 0 aliphatic heterocycles. The predicted molar refractivity (Wildman–Crippen MR) is 104 cm³/mol. The molecule has 0 aliphatic carbocycles. The van der Waals surface area contributed by atoms with Crippen LogP contribution >= 0.6 is 0 Å². The largest absolute Gasteiger partial charge is 0.496 e. The van der Waals surface area contributed by atoms with Gasteiger partial charge in [0, 0.05) is 18.8 Å². The highest BCUT2D eigenvalue weighted by atomic mass is 16.5. The SMILES string of the molecule is CCCCCNC(=O)c1cc(C)nc(NCCc2ccccc2OC)n1. The van der Waals surface area contributed by atoms with Crippen LogP contribution in [0.5, 0.6) is 5.75 Å². The van der Waals surface area contributed by atoms with Crippen molar-refractivity contribution in [3.8, 4) is 5.75 Å². The molecular formula is C20H28N4O2. The van der Waals surface area contributed by atoms with Gasteiger partial charge in [0.25, 0.3) is 5.91 Å². The van der Waals surface area contributed by atoms with Crippen LogP contribution in [0.2, 0.25) is 0 Å². The molecule has 26 heavy (non-hydrogen) atoms. The number of unbranched alkanes of at least 4 members (excludes halogenated alkanes) is 2. The minimum atomic E-state index is -0.153. The summed E-state index contributed by atoms with van der Waals surface area (Å²) in [6.07, 6.45) is 4.00. The van der Waals surface area contributed by atoms with E-state index in [1.807, 2.05) is 31.2 Å². The third-order valence-electron chi connectivity index (χ3n) is 4.02. The molecule has 1 amide bonds. The van der Waals surface area contributed by atoms with Crippen molar-refractivity contribution in [3.05, 3.63) is 47.3 Å². The zero-order valence-corrected chi connectivity index (χ0v) is 15.8. The Bertz CT molecular complexity index is 719. The van der Waals surface area contributed by atoms with Crippen LogP contribution < -0.4 is 15.4 Å². The van der Waals surface area contributed by atoms with Gasteiger partial charge in [-0.1, -0.05) is 38.0 Å². The van der Waals surface area contributed by atoms with Gasteiger partial charge in [0.2, 0.25) is 5.95 Å². The number of hydrogen-bond donors (Lipinski definition) is 2. The van der Waals surface area contributed by atoms with Gasteiger partial charge in [-0.25, -0.2) is 9.97 Å². The lowest BCUT2D eigenvalue weighted by molar-refractivity contribution is 0.0948. The Morgan fingerprint density at radius 3 is 2.73 bits per heavy atom. The summed E-state index contributed by atoms with van der Waals surface area (Å²) in [7, 11) is 1.67. The van der Waals surface area contributed by atoms with Gasteiger partial charge in [0.05, 0.1) is 7.11 Å². The van der Waals surface area contributed by atoms with Gasteiger partial charge in [0.1, 0.15) is 11.4 Å². The number of rotatable bonds is 10. The number of nitrogens with one attached hydrogen (secondary N) is 2. The first kappa shape index (κ1) is 19.7. The number of nitrogens with zero attached hydrogens (tertiary/aromatic N) is 2. The summed E-state index contributed by atoms with van der Waals surface area (Å²) in [5, 5.41) is 6.11. The lowest BCUT2D eigenvalue weighted by Crippen LogP contribution is -2.26. The van der Waals surface area contributed by atoms with Crippen molar-refractivity contribution in [2.45, 2.75) is 39.5 Å². The number of aromatic nitrogens is 2. The monoisotopic (exact) mass is 356 g/mol. The Morgan fingerprint density at radius 2 is 1.96 bits per heavy atom. The molecule has 0 aliphatic rings. The van der Waals surface area contributed by atoms with Gasteiger partial charge in [-0.05, 0) is 37.5 Å².